The van der Waals surface area contributed by atoms with Crippen molar-refractivity contribution in [3.63, 3.8) is 0 Å². The minimum Gasteiger partial charge on any atom is -0.304 e. The van der Waals surface area contributed by atoms with Crippen LogP contribution < -0.4 is 5.56 Å². The molecule has 0 saturated heterocycles. The van der Waals surface area contributed by atoms with Crippen molar-refractivity contribution >= 4 is 6.29 Å². The van der Waals surface area contributed by atoms with E-state index >= 15 is 0 Å². The number of aromatic amines is 1. The van der Waals surface area contributed by atoms with Crippen LogP contribution in [0.25, 0.3) is 0 Å². The molecule has 0 radical (unpaired) electrons. The lowest BCUT2D eigenvalue weighted by Gasteiger charge is -1.93. The minimum absolute atomic E-state index is 0.0920. The maximum Gasteiger partial charge on any atom is 0.251 e. The quantitative estimate of drug-likeness (QED) is 0.613. The van der Waals surface area contributed by atoms with E-state index in [2.05, 4.69) is 9.97 Å². The van der Waals surface area contributed by atoms with Gasteiger partial charge in [-0.25, -0.2) is 4.98 Å². The second kappa shape index (κ2) is 3.09. The van der Waals surface area contributed by atoms with E-state index in [-0.39, 0.29) is 11.4 Å². The molecule has 0 aliphatic carbocycles. The highest BCUT2D eigenvalue weighted by Gasteiger charge is 1.96. The third kappa shape index (κ3) is 1.73. The molecule has 0 aliphatic rings. The second-order valence-corrected chi connectivity index (χ2v) is 2.09. The summed E-state index contributed by atoms with van der Waals surface area (Å²) in [7, 11) is 0. The number of rotatable bonds is 2. The van der Waals surface area contributed by atoms with E-state index in [0.29, 0.717) is 18.4 Å². The Bertz CT molecular complexity index is 316. The molecule has 1 N–H and O–H groups in total. The average molecular weight is 152 g/mol. The Morgan fingerprint density at radius 3 is 3.00 bits per heavy atom. The first-order valence-electron chi connectivity index (χ1n) is 3.31. The highest BCUT2D eigenvalue weighted by Crippen LogP contribution is 1.89. The van der Waals surface area contributed by atoms with Crippen LogP contribution in [-0.4, -0.2) is 16.3 Å². The summed E-state index contributed by atoms with van der Waals surface area (Å²) < 4.78 is 0. The van der Waals surface area contributed by atoms with Gasteiger partial charge in [0.05, 0.1) is 0 Å². The third-order valence-corrected chi connectivity index (χ3v) is 1.29. The van der Waals surface area contributed by atoms with Crippen molar-refractivity contribution in [2.45, 2.75) is 13.3 Å². The first-order valence-corrected chi connectivity index (χ1v) is 3.31. The van der Waals surface area contributed by atoms with Crippen molar-refractivity contribution in [2.75, 3.05) is 0 Å². The topological polar surface area (TPSA) is 62.8 Å². The van der Waals surface area contributed by atoms with Gasteiger partial charge in [-0.05, 0) is 6.42 Å². The molecule has 0 unspecified atom stereocenters. The molecule has 0 saturated carbocycles. The van der Waals surface area contributed by atoms with E-state index in [0.717, 1.165) is 0 Å². The van der Waals surface area contributed by atoms with Gasteiger partial charge in [0.25, 0.3) is 5.56 Å². The zero-order valence-corrected chi connectivity index (χ0v) is 6.13. The van der Waals surface area contributed by atoms with Gasteiger partial charge >= 0.3 is 0 Å². The average Bonchev–Trinajstić information content (AvgIpc) is 2.03. The number of nitrogens with zero attached hydrogens (tertiary/aromatic N) is 1. The van der Waals surface area contributed by atoms with Gasteiger partial charge in [0.1, 0.15) is 0 Å². The normalized spacial score (nSPS) is 9.55. The fourth-order valence-corrected chi connectivity index (χ4v) is 0.766. The van der Waals surface area contributed by atoms with Gasteiger partial charge < -0.3 is 4.98 Å². The van der Waals surface area contributed by atoms with E-state index in [4.69, 9.17) is 0 Å². The number of carbonyl (C=O) groups excluding carboxylic acids is 1. The highest BCUT2D eigenvalue weighted by atomic mass is 16.1. The van der Waals surface area contributed by atoms with Gasteiger partial charge in [-0.1, -0.05) is 6.92 Å². The van der Waals surface area contributed by atoms with Crippen molar-refractivity contribution in [3.8, 4) is 0 Å². The SMILES string of the molecule is CCc1cc(=O)[nH]c(C=O)n1. The van der Waals surface area contributed by atoms with Gasteiger partial charge in [-0.2, -0.15) is 0 Å². The summed E-state index contributed by atoms with van der Waals surface area (Å²) in [5.74, 6) is 0.0920. The number of H-pyrrole nitrogens is 1. The summed E-state index contributed by atoms with van der Waals surface area (Å²) in [5.41, 5.74) is 0.356. The van der Waals surface area contributed by atoms with E-state index in [1.54, 1.807) is 0 Å². The summed E-state index contributed by atoms with van der Waals surface area (Å²) in [6.45, 7) is 1.87. The summed E-state index contributed by atoms with van der Waals surface area (Å²) in [6.07, 6.45) is 1.19. The van der Waals surface area contributed by atoms with E-state index in [1.807, 2.05) is 6.92 Å². The Kier molecular flexibility index (Phi) is 2.15. The first-order chi connectivity index (χ1) is 5.26. The Morgan fingerprint density at radius 1 is 1.73 bits per heavy atom. The van der Waals surface area contributed by atoms with Gasteiger partial charge in [0.2, 0.25) is 0 Å². The van der Waals surface area contributed by atoms with Gasteiger partial charge in [-0.3, -0.25) is 9.59 Å². The summed E-state index contributed by atoms with van der Waals surface area (Å²) in [5, 5.41) is 0. The van der Waals surface area contributed by atoms with Crippen molar-refractivity contribution in [1.29, 1.82) is 0 Å². The van der Waals surface area contributed by atoms with Crippen LogP contribution in [0.5, 0.6) is 0 Å². The van der Waals surface area contributed by atoms with Crippen molar-refractivity contribution in [1.82, 2.24) is 9.97 Å². The van der Waals surface area contributed by atoms with Gasteiger partial charge in [0, 0.05) is 11.8 Å². The number of aldehydes is 1. The lowest BCUT2D eigenvalue weighted by atomic mass is 10.3. The van der Waals surface area contributed by atoms with Crippen molar-refractivity contribution < 1.29 is 4.79 Å². The largest absolute Gasteiger partial charge is 0.304 e. The first kappa shape index (κ1) is 7.65. The molecule has 1 aromatic heterocycles. The molecule has 0 aliphatic heterocycles. The van der Waals surface area contributed by atoms with Crippen LogP contribution in [0.2, 0.25) is 0 Å². The van der Waals surface area contributed by atoms with Crippen molar-refractivity contribution in [2.24, 2.45) is 0 Å². The van der Waals surface area contributed by atoms with E-state index in [1.165, 1.54) is 6.07 Å². The van der Waals surface area contributed by atoms with Crippen LogP contribution in [-0.2, 0) is 6.42 Å². The number of hydrogen-bond acceptors (Lipinski definition) is 3. The Balaban J connectivity index is 3.22. The molecule has 4 heteroatoms. The van der Waals surface area contributed by atoms with Crippen LogP contribution in [0.3, 0.4) is 0 Å². The molecule has 0 spiro atoms. The Labute approximate surface area is 63.3 Å². The minimum atomic E-state index is -0.279. The number of carbonyl (C=O) groups is 1. The molecule has 11 heavy (non-hydrogen) atoms. The molecular formula is C7H8N2O2. The fraction of sp³-hybridized carbons (Fsp3) is 0.286. The van der Waals surface area contributed by atoms with Crippen LogP contribution in [0.1, 0.15) is 23.2 Å². The predicted octanol–water partition coefficient (Wildman–Crippen LogP) is 0.145. The second-order valence-electron chi connectivity index (χ2n) is 2.09. The predicted molar refractivity (Wildman–Crippen MR) is 39.6 cm³/mol. The monoisotopic (exact) mass is 152 g/mol. The van der Waals surface area contributed by atoms with Gasteiger partial charge in [-0.15, -0.1) is 0 Å². The molecule has 1 heterocycles. The Hall–Kier alpha value is -1.45. The lowest BCUT2D eigenvalue weighted by molar-refractivity contribution is 0.111. The van der Waals surface area contributed by atoms with Crippen molar-refractivity contribution in [3.05, 3.63) is 27.9 Å². The van der Waals surface area contributed by atoms with E-state index < -0.39 is 0 Å². The maximum atomic E-state index is 10.8. The van der Waals surface area contributed by atoms with Crippen LogP contribution in [0.4, 0.5) is 0 Å². The van der Waals surface area contributed by atoms with Crippen LogP contribution >= 0.6 is 0 Å². The molecule has 4 nitrogen and oxygen atoms in total. The molecule has 0 fully saturated rings. The summed E-state index contributed by atoms with van der Waals surface area (Å²) >= 11 is 0. The third-order valence-electron chi connectivity index (χ3n) is 1.29. The number of nitrogens with one attached hydrogen (secondary N) is 1. The zero-order valence-electron chi connectivity index (χ0n) is 6.13. The molecule has 0 atom stereocenters. The summed E-state index contributed by atoms with van der Waals surface area (Å²) in [4.78, 5) is 27.1. The molecule has 0 bridgehead atoms. The zero-order chi connectivity index (χ0) is 8.27. The maximum absolute atomic E-state index is 10.8. The van der Waals surface area contributed by atoms with Crippen LogP contribution in [0, 0.1) is 0 Å². The van der Waals surface area contributed by atoms with E-state index in [9.17, 15) is 9.59 Å². The molecule has 58 valence electrons. The molecule has 1 rings (SSSR count). The molecule has 1 aromatic rings. The summed E-state index contributed by atoms with van der Waals surface area (Å²) in [6, 6.07) is 1.38. The smallest absolute Gasteiger partial charge is 0.251 e. The molecule has 0 aromatic carbocycles. The van der Waals surface area contributed by atoms with Crippen LogP contribution in [0.15, 0.2) is 10.9 Å². The molecular weight excluding hydrogens is 144 g/mol. The highest BCUT2D eigenvalue weighted by molar-refractivity contribution is 5.68. The molecule has 0 amide bonds. The standard InChI is InChI=1S/C7H8N2O2/c1-2-5-3-7(11)9-6(4-10)8-5/h3-4H,2H2,1H3,(H,8,9,11). The fourth-order valence-electron chi connectivity index (χ4n) is 0.766. The lowest BCUT2D eigenvalue weighted by Crippen LogP contribution is -2.11. The van der Waals surface area contributed by atoms with Gasteiger partial charge in [0.15, 0.2) is 12.1 Å². The Morgan fingerprint density at radius 2 is 2.45 bits per heavy atom. The number of aromatic nitrogens is 2. The number of aryl methyl sites for hydroxylation is 1. The number of hydrogen-bond donors (Lipinski definition) is 1.